The van der Waals surface area contributed by atoms with E-state index in [0.717, 1.165) is 22.8 Å². The first kappa shape index (κ1) is 11.8. The van der Waals surface area contributed by atoms with Crippen LogP contribution >= 0.6 is 15.9 Å². The van der Waals surface area contributed by atoms with Crippen LogP contribution in [0.15, 0.2) is 18.2 Å². The van der Waals surface area contributed by atoms with Crippen LogP contribution < -0.4 is 0 Å². The summed E-state index contributed by atoms with van der Waals surface area (Å²) in [6.45, 7) is 1.90. The van der Waals surface area contributed by atoms with Gasteiger partial charge in [-0.15, -0.1) is 10.2 Å². The fourth-order valence-corrected chi connectivity index (χ4v) is 2.58. The van der Waals surface area contributed by atoms with Gasteiger partial charge in [0.1, 0.15) is 11.6 Å². The molecule has 1 aromatic carbocycles. The van der Waals surface area contributed by atoms with Gasteiger partial charge in [-0.3, -0.25) is 0 Å². The Morgan fingerprint density at radius 1 is 1.39 bits per heavy atom. The Labute approximate surface area is 113 Å². The van der Waals surface area contributed by atoms with E-state index >= 15 is 0 Å². The van der Waals surface area contributed by atoms with Gasteiger partial charge in [0, 0.05) is 11.6 Å². The van der Waals surface area contributed by atoms with E-state index in [0.29, 0.717) is 11.4 Å². The molecule has 5 heteroatoms. The van der Waals surface area contributed by atoms with Crippen LogP contribution in [0.25, 0.3) is 11.4 Å². The van der Waals surface area contributed by atoms with Crippen molar-refractivity contribution in [3.63, 3.8) is 0 Å². The van der Waals surface area contributed by atoms with E-state index in [9.17, 15) is 4.39 Å². The third kappa shape index (κ3) is 1.96. The molecule has 0 N–H and O–H groups in total. The van der Waals surface area contributed by atoms with Crippen molar-refractivity contribution in [1.82, 2.24) is 14.8 Å². The van der Waals surface area contributed by atoms with Crippen LogP contribution in [0.2, 0.25) is 0 Å². The molecule has 1 aliphatic carbocycles. The highest BCUT2D eigenvalue weighted by Gasteiger charge is 2.29. The molecule has 0 radical (unpaired) electrons. The number of aromatic nitrogens is 3. The zero-order valence-corrected chi connectivity index (χ0v) is 11.6. The average molecular weight is 310 g/mol. The predicted octanol–water partition coefficient (Wildman–Crippen LogP) is 3.62. The number of aryl methyl sites for hydroxylation is 1. The van der Waals surface area contributed by atoms with Gasteiger partial charge in [-0.25, -0.2) is 4.39 Å². The molecule has 3 rings (SSSR count). The van der Waals surface area contributed by atoms with Gasteiger partial charge in [-0.1, -0.05) is 15.9 Å². The fraction of sp³-hybridized carbons (Fsp3) is 0.385. The van der Waals surface area contributed by atoms with E-state index < -0.39 is 0 Å². The van der Waals surface area contributed by atoms with Crippen molar-refractivity contribution in [2.45, 2.75) is 31.1 Å². The summed E-state index contributed by atoms with van der Waals surface area (Å²) in [6.07, 6.45) is 2.34. The molecule has 94 valence electrons. The minimum absolute atomic E-state index is 0.213. The molecule has 3 nitrogen and oxygen atoms in total. The lowest BCUT2D eigenvalue weighted by molar-refractivity contribution is 0.626. The summed E-state index contributed by atoms with van der Waals surface area (Å²) in [7, 11) is 0. The average Bonchev–Trinajstić information content (AvgIpc) is 3.09. The topological polar surface area (TPSA) is 30.7 Å². The van der Waals surface area contributed by atoms with Crippen molar-refractivity contribution in [3.05, 3.63) is 35.4 Å². The van der Waals surface area contributed by atoms with Crippen LogP contribution in [0, 0.1) is 12.7 Å². The van der Waals surface area contributed by atoms with Gasteiger partial charge in [0.15, 0.2) is 5.82 Å². The van der Waals surface area contributed by atoms with Crippen molar-refractivity contribution in [2.24, 2.45) is 0 Å². The van der Waals surface area contributed by atoms with Crippen molar-refractivity contribution >= 4 is 15.9 Å². The molecule has 1 aromatic heterocycles. The molecule has 0 spiro atoms. The molecule has 0 saturated heterocycles. The van der Waals surface area contributed by atoms with Crippen molar-refractivity contribution < 1.29 is 4.39 Å². The second-order valence-electron chi connectivity index (χ2n) is 4.63. The van der Waals surface area contributed by atoms with Gasteiger partial charge in [-0.05, 0) is 43.5 Å². The first-order chi connectivity index (χ1) is 8.70. The Morgan fingerprint density at radius 2 is 2.17 bits per heavy atom. The summed E-state index contributed by atoms with van der Waals surface area (Å²) in [5, 5.41) is 9.17. The van der Waals surface area contributed by atoms with Crippen LogP contribution in [-0.2, 0) is 5.33 Å². The van der Waals surface area contributed by atoms with E-state index in [1.165, 1.54) is 25.0 Å². The van der Waals surface area contributed by atoms with Crippen molar-refractivity contribution in [2.75, 3.05) is 0 Å². The summed E-state index contributed by atoms with van der Waals surface area (Å²) < 4.78 is 15.3. The highest BCUT2D eigenvalue weighted by Crippen LogP contribution is 2.39. The van der Waals surface area contributed by atoms with Crippen LogP contribution in [0.3, 0.4) is 0 Å². The summed E-state index contributed by atoms with van der Waals surface area (Å²) in [6, 6.07) is 5.30. The maximum absolute atomic E-state index is 13.2. The van der Waals surface area contributed by atoms with E-state index in [-0.39, 0.29) is 5.82 Å². The maximum atomic E-state index is 13.2. The van der Waals surface area contributed by atoms with Crippen molar-refractivity contribution in [1.29, 1.82) is 0 Å². The summed E-state index contributed by atoms with van der Waals surface area (Å²) in [5.74, 6) is 1.58. The van der Waals surface area contributed by atoms with E-state index in [4.69, 9.17) is 0 Å². The van der Waals surface area contributed by atoms with Gasteiger partial charge >= 0.3 is 0 Å². The first-order valence-corrected chi connectivity index (χ1v) is 7.09. The molecule has 1 saturated carbocycles. The maximum Gasteiger partial charge on any atom is 0.164 e. The molecule has 0 aliphatic heterocycles. The predicted molar refractivity (Wildman–Crippen MR) is 71.1 cm³/mol. The van der Waals surface area contributed by atoms with Crippen LogP contribution in [0.1, 0.15) is 30.3 Å². The van der Waals surface area contributed by atoms with Crippen molar-refractivity contribution in [3.8, 4) is 11.4 Å². The van der Waals surface area contributed by atoms with E-state index in [1.54, 1.807) is 6.07 Å². The molecule has 1 heterocycles. The quantitative estimate of drug-likeness (QED) is 0.811. The third-order valence-electron chi connectivity index (χ3n) is 3.23. The van der Waals surface area contributed by atoms with Gasteiger partial charge in [0.05, 0.1) is 5.33 Å². The SMILES string of the molecule is Cc1cc(F)ccc1-c1nnc(CBr)n1C1CC1. The normalized spacial score (nSPS) is 15.1. The molecule has 1 fully saturated rings. The molecule has 0 bridgehead atoms. The molecule has 0 atom stereocenters. The highest BCUT2D eigenvalue weighted by atomic mass is 79.9. The number of halogens is 2. The Bertz CT molecular complexity index is 590. The summed E-state index contributed by atoms with van der Waals surface area (Å²) in [4.78, 5) is 0. The zero-order valence-electron chi connectivity index (χ0n) is 10.0. The molecular formula is C13H13BrFN3. The van der Waals surface area contributed by atoms with Gasteiger partial charge in [0.25, 0.3) is 0 Å². The monoisotopic (exact) mass is 309 g/mol. The number of nitrogens with zero attached hydrogens (tertiary/aromatic N) is 3. The second kappa shape index (κ2) is 4.46. The number of rotatable bonds is 3. The molecule has 0 unspecified atom stereocenters. The minimum atomic E-state index is -0.213. The van der Waals surface area contributed by atoms with Crippen LogP contribution in [0.4, 0.5) is 4.39 Å². The molecule has 1 aliphatic rings. The Morgan fingerprint density at radius 3 is 2.78 bits per heavy atom. The molecule has 18 heavy (non-hydrogen) atoms. The first-order valence-electron chi connectivity index (χ1n) is 5.97. The lowest BCUT2D eigenvalue weighted by atomic mass is 10.1. The van der Waals surface area contributed by atoms with Crippen LogP contribution in [-0.4, -0.2) is 14.8 Å². The Kier molecular flexibility index (Phi) is 2.93. The zero-order chi connectivity index (χ0) is 12.7. The summed E-state index contributed by atoms with van der Waals surface area (Å²) >= 11 is 3.44. The van der Waals surface area contributed by atoms with Gasteiger partial charge in [0.2, 0.25) is 0 Å². The lowest BCUT2D eigenvalue weighted by Gasteiger charge is -2.09. The van der Waals surface area contributed by atoms with E-state index in [2.05, 4.69) is 30.7 Å². The molecule has 2 aromatic rings. The highest BCUT2D eigenvalue weighted by molar-refractivity contribution is 9.08. The number of hydrogen-bond donors (Lipinski definition) is 0. The second-order valence-corrected chi connectivity index (χ2v) is 5.19. The Balaban J connectivity index is 2.13. The number of alkyl halides is 1. The molecule has 0 amide bonds. The summed E-state index contributed by atoms with van der Waals surface area (Å²) in [5.41, 5.74) is 1.86. The number of benzene rings is 1. The fourth-order valence-electron chi connectivity index (χ4n) is 2.19. The Hall–Kier alpha value is -1.23. The van der Waals surface area contributed by atoms with Crippen LogP contribution in [0.5, 0.6) is 0 Å². The van der Waals surface area contributed by atoms with Gasteiger partial charge < -0.3 is 4.57 Å². The van der Waals surface area contributed by atoms with Gasteiger partial charge in [-0.2, -0.15) is 0 Å². The third-order valence-corrected chi connectivity index (χ3v) is 3.73. The molecular weight excluding hydrogens is 297 g/mol. The smallest absolute Gasteiger partial charge is 0.164 e. The van der Waals surface area contributed by atoms with E-state index in [1.807, 2.05) is 6.92 Å². The minimum Gasteiger partial charge on any atom is -0.307 e. The largest absolute Gasteiger partial charge is 0.307 e. The lowest BCUT2D eigenvalue weighted by Crippen LogP contribution is -2.02. The number of hydrogen-bond acceptors (Lipinski definition) is 2. The standard InChI is InChI=1S/C13H13BrFN3/c1-8-6-9(15)2-5-11(8)13-17-16-12(7-14)18(13)10-3-4-10/h2,5-6,10H,3-4,7H2,1H3.